The Morgan fingerprint density at radius 1 is 1.43 bits per heavy atom. The van der Waals surface area contributed by atoms with Gasteiger partial charge in [0.05, 0.1) is 0 Å². The highest BCUT2D eigenvalue weighted by Crippen LogP contribution is 2.25. The molecule has 1 heterocycles. The molecule has 0 aliphatic rings. The molecule has 4 heteroatoms. The Balaban J connectivity index is 3.02. The van der Waals surface area contributed by atoms with Crippen molar-refractivity contribution in [1.29, 1.82) is 0 Å². The second-order valence-electron chi connectivity index (χ2n) is 3.02. The van der Waals surface area contributed by atoms with E-state index >= 15 is 0 Å². The van der Waals surface area contributed by atoms with Crippen molar-refractivity contribution in [3.05, 3.63) is 40.0 Å². The number of hydrogen-bond acceptors (Lipinski definition) is 3. The SMILES string of the molecule is Cc1cc(=O)oc2c(F)c(O)ccc12. The lowest BCUT2D eigenvalue weighted by molar-refractivity contribution is 0.425. The predicted molar refractivity (Wildman–Crippen MR) is 48.8 cm³/mol. The number of phenols is 1. The Bertz CT molecular complexity index is 557. The number of hydrogen-bond donors (Lipinski definition) is 1. The molecule has 3 nitrogen and oxygen atoms in total. The van der Waals surface area contributed by atoms with Crippen LogP contribution in [-0.2, 0) is 0 Å². The van der Waals surface area contributed by atoms with Gasteiger partial charge in [0.2, 0.25) is 5.82 Å². The number of aryl methyl sites for hydroxylation is 1. The van der Waals surface area contributed by atoms with E-state index in [2.05, 4.69) is 4.42 Å². The molecule has 2 aromatic rings. The van der Waals surface area contributed by atoms with E-state index in [-0.39, 0.29) is 5.58 Å². The number of fused-ring (bicyclic) bond motifs is 1. The van der Waals surface area contributed by atoms with Gasteiger partial charge in [-0.25, -0.2) is 4.79 Å². The molecule has 1 N–H and O–H groups in total. The Hall–Kier alpha value is -1.84. The zero-order chi connectivity index (χ0) is 10.3. The number of halogens is 1. The van der Waals surface area contributed by atoms with E-state index < -0.39 is 17.2 Å². The molecule has 0 aliphatic carbocycles. The van der Waals surface area contributed by atoms with Gasteiger partial charge >= 0.3 is 5.63 Å². The Labute approximate surface area is 78.4 Å². The fourth-order valence-electron chi connectivity index (χ4n) is 1.34. The van der Waals surface area contributed by atoms with Crippen LogP contribution in [0.2, 0.25) is 0 Å². The number of phenolic OH excluding ortho intramolecular Hbond substituents is 1. The third-order valence-electron chi connectivity index (χ3n) is 2.04. The van der Waals surface area contributed by atoms with Gasteiger partial charge in [-0.1, -0.05) is 0 Å². The van der Waals surface area contributed by atoms with Crippen molar-refractivity contribution >= 4 is 11.0 Å². The van der Waals surface area contributed by atoms with Crippen LogP contribution in [-0.4, -0.2) is 5.11 Å². The summed E-state index contributed by atoms with van der Waals surface area (Å²) in [6, 6.07) is 4.01. The maximum absolute atomic E-state index is 13.3. The molecule has 0 radical (unpaired) electrons. The zero-order valence-corrected chi connectivity index (χ0v) is 7.37. The zero-order valence-electron chi connectivity index (χ0n) is 7.37. The van der Waals surface area contributed by atoms with Gasteiger partial charge in [-0.05, 0) is 24.6 Å². The molecule has 1 aromatic heterocycles. The molecule has 0 atom stereocenters. The van der Waals surface area contributed by atoms with Crippen LogP contribution in [0.15, 0.2) is 27.4 Å². The van der Waals surface area contributed by atoms with Crippen LogP contribution in [0.4, 0.5) is 4.39 Å². The van der Waals surface area contributed by atoms with E-state index in [0.717, 1.165) is 0 Å². The molecule has 1 aromatic carbocycles. The summed E-state index contributed by atoms with van der Waals surface area (Å²) in [7, 11) is 0. The van der Waals surface area contributed by atoms with Gasteiger partial charge in [-0.2, -0.15) is 4.39 Å². The second-order valence-corrected chi connectivity index (χ2v) is 3.02. The normalized spacial score (nSPS) is 10.7. The Morgan fingerprint density at radius 3 is 2.86 bits per heavy atom. The summed E-state index contributed by atoms with van der Waals surface area (Å²) in [6.07, 6.45) is 0. The highest BCUT2D eigenvalue weighted by atomic mass is 19.1. The summed E-state index contributed by atoms with van der Waals surface area (Å²) in [5.74, 6) is -1.42. The molecule has 14 heavy (non-hydrogen) atoms. The van der Waals surface area contributed by atoms with E-state index in [1.165, 1.54) is 18.2 Å². The van der Waals surface area contributed by atoms with E-state index in [0.29, 0.717) is 10.9 Å². The Morgan fingerprint density at radius 2 is 2.14 bits per heavy atom. The molecule has 72 valence electrons. The summed E-state index contributed by atoms with van der Waals surface area (Å²) in [6.45, 7) is 1.68. The summed E-state index contributed by atoms with van der Waals surface area (Å²) in [5, 5.41) is 9.55. The lowest BCUT2D eigenvalue weighted by Gasteiger charge is -2.01. The van der Waals surface area contributed by atoms with Gasteiger partial charge in [0.15, 0.2) is 11.3 Å². The third kappa shape index (κ3) is 1.16. The number of benzene rings is 1. The molecule has 0 fully saturated rings. The van der Waals surface area contributed by atoms with Crippen molar-refractivity contribution in [1.82, 2.24) is 0 Å². The number of rotatable bonds is 0. The fourth-order valence-corrected chi connectivity index (χ4v) is 1.34. The molecule has 0 saturated heterocycles. The molecule has 0 saturated carbocycles. The van der Waals surface area contributed by atoms with Crippen LogP contribution in [0.3, 0.4) is 0 Å². The highest BCUT2D eigenvalue weighted by molar-refractivity contribution is 5.81. The first-order valence-electron chi connectivity index (χ1n) is 4.01. The summed E-state index contributed by atoms with van der Waals surface area (Å²) in [5.41, 5.74) is -0.204. The molecular formula is C10H7FO3. The first kappa shape index (κ1) is 8.74. The minimum absolute atomic E-state index is 0.199. The molecule has 0 amide bonds. The van der Waals surface area contributed by atoms with Crippen molar-refractivity contribution in [2.45, 2.75) is 6.92 Å². The van der Waals surface area contributed by atoms with Crippen molar-refractivity contribution < 1.29 is 13.9 Å². The highest BCUT2D eigenvalue weighted by Gasteiger charge is 2.10. The fraction of sp³-hybridized carbons (Fsp3) is 0.100. The smallest absolute Gasteiger partial charge is 0.336 e. The summed E-state index contributed by atoms with van der Waals surface area (Å²) in [4.78, 5) is 11.0. The quantitative estimate of drug-likeness (QED) is 0.652. The van der Waals surface area contributed by atoms with E-state index in [1.807, 2.05) is 0 Å². The van der Waals surface area contributed by atoms with Crippen molar-refractivity contribution in [3.8, 4) is 5.75 Å². The molecule has 0 bridgehead atoms. The van der Waals surface area contributed by atoms with Gasteiger partial charge in [0.1, 0.15) is 0 Å². The molecular weight excluding hydrogens is 187 g/mol. The second kappa shape index (κ2) is 2.83. The summed E-state index contributed by atoms with van der Waals surface area (Å²) < 4.78 is 17.9. The lowest BCUT2D eigenvalue weighted by Crippen LogP contribution is -1.99. The monoisotopic (exact) mass is 194 g/mol. The predicted octanol–water partition coefficient (Wildman–Crippen LogP) is 1.95. The van der Waals surface area contributed by atoms with Gasteiger partial charge in [-0.3, -0.25) is 0 Å². The Kier molecular flexibility index (Phi) is 1.77. The minimum Gasteiger partial charge on any atom is -0.505 e. The summed E-state index contributed by atoms with van der Waals surface area (Å²) >= 11 is 0. The van der Waals surface area contributed by atoms with Crippen molar-refractivity contribution in [2.24, 2.45) is 0 Å². The molecule has 0 aliphatic heterocycles. The standard InChI is InChI=1S/C10H7FO3/c1-5-4-8(13)14-10-6(5)2-3-7(12)9(10)11/h2-4,12H,1H3. The van der Waals surface area contributed by atoms with Gasteiger partial charge in [-0.15, -0.1) is 0 Å². The first-order valence-corrected chi connectivity index (χ1v) is 4.01. The van der Waals surface area contributed by atoms with Crippen LogP contribution < -0.4 is 5.63 Å². The van der Waals surface area contributed by atoms with Crippen molar-refractivity contribution in [3.63, 3.8) is 0 Å². The van der Waals surface area contributed by atoms with Gasteiger partial charge in [0, 0.05) is 11.5 Å². The van der Waals surface area contributed by atoms with Crippen LogP contribution in [0, 0.1) is 12.7 Å². The minimum atomic E-state index is -0.900. The first-order chi connectivity index (χ1) is 6.59. The molecule has 0 unspecified atom stereocenters. The molecule has 0 spiro atoms. The van der Waals surface area contributed by atoms with E-state index in [9.17, 15) is 9.18 Å². The maximum Gasteiger partial charge on any atom is 0.336 e. The van der Waals surface area contributed by atoms with Crippen LogP contribution >= 0.6 is 0 Å². The lowest BCUT2D eigenvalue weighted by atomic mass is 10.1. The van der Waals surface area contributed by atoms with Crippen LogP contribution in [0.25, 0.3) is 11.0 Å². The topological polar surface area (TPSA) is 50.4 Å². The van der Waals surface area contributed by atoms with Crippen LogP contribution in [0.5, 0.6) is 5.75 Å². The third-order valence-corrected chi connectivity index (χ3v) is 2.04. The number of aromatic hydroxyl groups is 1. The van der Waals surface area contributed by atoms with E-state index in [4.69, 9.17) is 5.11 Å². The van der Waals surface area contributed by atoms with Gasteiger partial charge in [0.25, 0.3) is 0 Å². The average molecular weight is 194 g/mol. The molecule has 2 rings (SSSR count). The van der Waals surface area contributed by atoms with Gasteiger partial charge < -0.3 is 9.52 Å². The largest absolute Gasteiger partial charge is 0.505 e. The van der Waals surface area contributed by atoms with E-state index in [1.54, 1.807) is 6.92 Å². The van der Waals surface area contributed by atoms with Crippen molar-refractivity contribution in [2.75, 3.05) is 0 Å². The maximum atomic E-state index is 13.3. The average Bonchev–Trinajstić information content (AvgIpc) is 2.12. The van der Waals surface area contributed by atoms with Crippen LogP contribution in [0.1, 0.15) is 5.56 Å².